The molecular formula is C12H21BrN4O. The maximum absolute atomic E-state index is 11.6. The van der Waals surface area contributed by atoms with E-state index in [0.717, 1.165) is 22.4 Å². The van der Waals surface area contributed by atoms with E-state index in [4.69, 9.17) is 0 Å². The molecule has 0 radical (unpaired) electrons. The number of aromatic nitrogens is 2. The standard InChI is InChI=1S/C12H21BrN4O/c1-5-14-12(18)9(4)15-7-10-11(13)8(3)16-17(10)6-2/h9,15H,5-7H2,1-4H3,(H,14,18). The van der Waals surface area contributed by atoms with E-state index in [1.54, 1.807) is 0 Å². The Morgan fingerprint density at radius 2 is 2.17 bits per heavy atom. The van der Waals surface area contributed by atoms with Gasteiger partial charge in [-0.3, -0.25) is 9.48 Å². The fraction of sp³-hybridized carbons (Fsp3) is 0.667. The van der Waals surface area contributed by atoms with Crippen molar-refractivity contribution in [3.05, 3.63) is 15.9 Å². The van der Waals surface area contributed by atoms with Crippen LogP contribution in [0.15, 0.2) is 4.47 Å². The Kier molecular flexibility index (Phi) is 5.81. The highest BCUT2D eigenvalue weighted by Crippen LogP contribution is 2.20. The minimum atomic E-state index is -0.211. The molecule has 1 rings (SSSR count). The Hall–Kier alpha value is -0.880. The summed E-state index contributed by atoms with van der Waals surface area (Å²) in [5.74, 6) is 0.0212. The molecule has 1 atom stereocenters. The van der Waals surface area contributed by atoms with Crippen molar-refractivity contribution in [2.24, 2.45) is 0 Å². The molecule has 0 aliphatic heterocycles. The number of carbonyl (C=O) groups excluding carboxylic acids is 1. The van der Waals surface area contributed by atoms with Crippen LogP contribution in [0.2, 0.25) is 0 Å². The van der Waals surface area contributed by atoms with Gasteiger partial charge in [-0.2, -0.15) is 5.10 Å². The summed E-state index contributed by atoms with van der Waals surface area (Å²) in [6.45, 7) is 9.88. The van der Waals surface area contributed by atoms with Gasteiger partial charge in [0.25, 0.3) is 0 Å². The lowest BCUT2D eigenvalue weighted by Gasteiger charge is -2.14. The van der Waals surface area contributed by atoms with Crippen molar-refractivity contribution in [3.8, 4) is 0 Å². The van der Waals surface area contributed by atoms with E-state index in [1.807, 2.05) is 25.5 Å². The van der Waals surface area contributed by atoms with Crippen LogP contribution < -0.4 is 10.6 Å². The summed E-state index contributed by atoms with van der Waals surface area (Å²) < 4.78 is 2.96. The number of rotatable bonds is 6. The minimum absolute atomic E-state index is 0.0212. The third-order valence-corrected chi connectivity index (χ3v) is 3.80. The van der Waals surface area contributed by atoms with Crippen LogP contribution in [0, 0.1) is 6.92 Å². The lowest BCUT2D eigenvalue weighted by Crippen LogP contribution is -2.42. The highest BCUT2D eigenvalue weighted by molar-refractivity contribution is 9.10. The van der Waals surface area contributed by atoms with Crippen molar-refractivity contribution >= 4 is 21.8 Å². The molecule has 102 valence electrons. The summed E-state index contributed by atoms with van der Waals surface area (Å²) in [4.78, 5) is 11.6. The van der Waals surface area contributed by atoms with Gasteiger partial charge in [0.2, 0.25) is 5.91 Å². The van der Waals surface area contributed by atoms with E-state index in [-0.39, 0.29) is 11.9 Å². The molecule has 1 amide bonds. The Morgan fingerprint density at radius 3 is 2.72 bits per heavy atom. The zero-order valence-electron chi connectivity index (χ0n) is 11.4. The van der Waals surface area contributed by atoms with Gasteiger partial charge in [-0.1, -0.05) is 0 Å². The molecule has 1 unspecified atom stereocenters. The highest BCUT2D eigenvalue weighted by atomic mass is 79.9. The van der Waals surface area contributed by atoms with Crippen molar-refractivity contribution < 1.29 is 4.79 Å². The lowest BCUT2D eigenvalue weighted by atomic mass is 10.3. The molecule has 1 heterocycles. The molecular weight excluding hydrogens is 296 g/mol. The van der Waals surface area contributed by atoms with E-state index in [2.05, 4.69) is 38.6 Å². The van der Waals surface area contributed by atoms with Gasteiger partial charge in [0.1, 0.15) is 0 Å². The van der Waals surface area contributed by atoms with E-state index in [9.17, 15) is 4.79 Å². The van der Waals surface area contributed by atoms with Crippen LogP contribution in [0.3, 0.4) is 0 Å². The Labute approximate surface area is 116 Å². The normalized spacial score (nSPS) is 12.5. The molecule has 0 saturated carbocycles. The molecule has 18 heavy (non-hydrogen) atoms. The van der Waals surface area contributed by atoms with Crippen molar-refractivity contribution in [3.63, 3.8) is 0 Å². The van der Waals surface area contributed by atoms with Crippen molar-refractivity contribution in [2.75, 3.05) is 6.54 Å². The molecule has 0 spiro atoms. The van der Waals surface area contributed by atoms with E-state index in [0.29, 0.717) is 13.1 Å². The van der Waals surface area contributed by atoms with Gasteiger partial charge >= 0.3 is 0 Å². The van der Waals surface area contributed by atoms with Crippen LogP contribution in [0.25, 0.3) is 0 Å². The summed E-state index contributed by atoms with van der Waals surface area (Å²) in [5.41, 5.74) is 2.05. The topological polar surface area (TPSA) is 59.0 Å². The van der Waals surface area contributed by atoms with Gasteiger partial charge < -0.3 is 10.6 Å². The number of halogens is 1. The quantitative estimate of drug-likeness (QED) is 0.838. The first-order valence-corrected chi connectivity index (χ1v) is 7.03. The molecule has 0 aliphatic carbocycles. The fourth-order valence-corrected chi connectivity index (χ4v) is 2.13. The third kappa shape index (κ3) is 3.55. The van der Waals surface area contributed by atoms with Gasteiger partial charge in [0.15, 0.2) is 0 Å². The summed E-state index contributed by atoms with van der Waals surface area (Å²) in [5, 5.41) is 10.4. The van der Waals surface area contributed by atoms with Crippen LogP contribution in [0.1, 0.15) is 32.2 Å². The number of carbonyl (C=O) groups is 1. The zero-order valence-corrected chi connectivity index (χ0v) is 13.0. The lowest BCUT2D eigenvalue weighted by molar-refractivity contribution is -0.122. The molecule has 5 nitrogen and oxygen atoms in total. The van der Waals surface area contributed by atoms with E-state index < -0.39 is 0 Å². The number of amides is 1. The molecule has 6 heteroatoms. The van der Waals surface area contributed by atoms with Crippen LogP contribution in [-0.4, -0.2) is 28.3 Å². The molecule has 0 bridgehead atoms. The van der Waals surface area contributed by atoms with Gasteiger partial charge in [-0.05, 0) is 43.6 Å². The summed E-state index contributed by atoms with van der Waals surface area (Å²) in [6.07, 6.45) is 0. The molecule has 1 aromatic heterocycles. The summed E-state index contributed by atoms with van der Waals surface area (Å²) >= 11 is 3.54. The molecule has 0 aliphatic rings. The van der Waals surface area contributed by atoms with Crippen LogP contribution in [0.4, 0.5) is 0 Å². The average Bonchev–Trinajstić information content (AvgIpc) is 2.62. The Morgan fingerprint density at radius 1 is 1.50 bits per heavy atom. The zero-order chi connectivity index (χ0) is 13.7. The van der Waals surface area contributed by atoms with Gasteiger partial charge in [-0.25, -0.2) is 0 Å². The first-order valence-electron chi connectivity index (χ1n) is 6.24. The first-order chi connectivity index (χ1) is 8.51. The first kappa shape index (κ1) is 15.2. The Bertz CT molecular complexity index is 416. The second kappa shape index (κ2) is 6.89. The second-order valence-corrected chi connectivity index (χ2v) is 4.95. The van der Waals surface area contributed by atoms with Crippen LogP contribution >= 0.6 is 15.9 Å². The second-order valence-electron chi connectivity index (χ2n) is 4.16. The SMILES string of the molecule is CCNC(=O)C(C)NCc1c(Br)c(C)nn1CC. The maximum Gasteiger partial charge on any atom is 0.236 e. The number of hydrogen-bond acceptors (Lipinski definition) is 3. The Balaban J connectivity index is 2.66. The molecule has 0 fully saturated rings. The van der Waals surface area contributed by atoms with Crippen molar-refractivity contribution in [1.29, 1.82) is 0 Å². The van der Waals surface area contributed by atoms with Crippen molar-refractivity contribution in [2.45, 2.75) is 46.8 Å². The van der Waals surface area contributed by atoms with Crippen LogP contribution in [0.5, 0.6) is 0 Å². The maximum atomic E-state index is 11.6. The highest BCUT2D eigenvalue weighted by Gasteiger charge is 2.15. The third-order valence-electron chi connectivity index (χ3n) is 2.77. The predicted octanol–water partition coefficient (Wildman–Crippen LogP) is 1.59. The smallest absolute Gasteiger partial charge is 0.236 e. The number of likely N-dealkylation sites (N-methyl/N-ethyl adjacent to an activating group) is 1. The molecule has 1 aromatic rings. The molecule has 0 aromatic carbocycles. The van der Waals surface area contributed by atoms with Gasteiger partial charge in [-0.15, -0.1) is 0 Å². The molecule has 0 saturated heterocycles. The number of nitrogens with zero attached hydrogens (tertiary/aromatic N) is 2. The average molecular weight is 317 g/mol. The number of aryl methyl sites for hydroxylation is 2. The molecule has 2 N–H and O–H groups in total. The number of hydrogen-bond donors (Lipinski definition) is 2. The minimum Gasteiger partial charge on any atom is -0.355 e. The summed E-state index contributed by atoms with van der Waals surface area (Å²) in [6, 6.07) is -0.211. The number of nitrogens with one attached hydrogen (secondary N) is 2. The van der Waals surface area contributed by atoms with E-state index in [1.165, 1.54) is 0 Å². The van der Waals surface area contributed by atoms with E-state index >= 15 is 0 Å². The van der Waals surface area contributed by atoms with Crippen molar-refractivity contribution in [1.82, 2.24) is 20.4 Å². The van der Waals surface area contributed by atoms with Gasteiger partial charge in [0, 0.05) is 19.6 Å². The van der Waals surface area contributed by atoms with Crippen LogP contribution in [-0.2, 0) is 17.9 Å². The fourth-order valence-electron chi connectivity index (χ4n) is 1.71. The van der Waals surface area contributed by atoms with Gasteiger partial charge in [0.05, 0.1) is 21.9 Å². The summed E-state index contributed by atoms with van der Waals surface area (Å²) in [7, 11) is 0. The predicted molar refractivity (Wildman–Crippen MR) is 75.3 cm³/mol. The largest absolute Gasteiger partial charge is 0.355 e. The monoisotopic (exact) mass is 316 g/mol.